The summed E-state index contributed by atoms with van der Waals surface area (Å²) in [4.78, 5) is 7.57. The number of hydrogen-bond acceptors (Lipinski definition) is 2. The summed E-state index contributed by atoms with van der Waals surface area (Å²) in [7, 11) is 0. The molecule has 4 unspecified atom stereocenters. The van der Waals surface area contributed by atoms with Crippen molar-refractivity contribution in [1.29, 1.82) is 0 Å². The van der Waals surface area contributed by atoms with E-state index < -0.39 is 0 Å². The Morgan fingerprint density at radius 3 is 2.88 bits per heavy atom. The minimum absolute atomic E-state index is 0.556. The van der Waals surface area contributed by atoms with E-state index in [9.17, 15) is 0 Å². The molecule has 2 aliphatic carbocycles. The highest BCUT2D eigenvalue weighted by Gasteiger charge is 2.41. The average Bonchev–Trinajstić information content (AvgIpc) is 2.93. The Balaban J connectivity index is 1.63. The number of H-pyrrole nitrogens is 1. The summed E-state index contributed by atoms with van der Waals surface area (Å²) in [5.74, 6) is 3.80. The van der Waals surface area contributed by atoms with E-state index in [4.69, 9.17) is 0 Å². The average molecular weight is 219 g/mol. The van der Waals surface area contributed by atoms with Gasteiger partial charge in [-0.25, -0.2) is 4.98 Å². The van der Waals surface area contributed by atoms with E-state index in [0.717, 1.165) is 29.4 Å². The molecule has 1 aromatic rings. The van der Waals surface area contributed by atoms with E-state index in [2.05, 4.69) is 22.2 Å². The first-order valence-electron chi connectivity index (χ1n) is 6.50. The van der Waals surface area contributed by atoms with Crippen molar-refractivity contribution in [3.63, 3.8) is 0 Å². The molecule has 0 aliphatic heterocycles. The van der Waals surface area contributed by atoms with Crippen LogP contribution in [0.4, 0.5) is 5.95 Å². The Morgan fingerprint density at radius 1 is 1.44 bits per heavy atom. The van der Waals surface area contributed by atoms with E-state index in [1.165, 1.54) is 25.7 Å². The Hall–Kier alpha value is -0.990. The van der Waals surface area contributed by atoms with Crippen molar-refractivity contribution in [2.24, 2.45) is 17.8 Å². The molecule has 2 bridgehead atoms. The maximum absolute atomic E-state index is 4.32. The molecule has 2 fully saturated rings. The molecule has 1 aromatic heterocycles. The molecule has 0 saturated heterocycles. The van der Waals surface area contributed by atoms with Gasteiger partial charge in [-0.2, -0.15) is 0 Å². The molecule has 3 nitrogen and oxygen atoms in total. The zero-order chi connectivity index (χ0) is 11.1. The molecule has 88 valence electrons. The Kier molecular flexibility index (Phi) is 2.41. The number of anilines is 1. The number of aromatic nitrogens is 2. The van der Waals surface area contributed by atoms with Gasteiger partial charge in [0.05, 0.1) is 0 Å². The molecule has 0 spiro atoms. The zero-order valence-corrected chi connectivity index (χ0v) is 10.2. The smallest absolute Gasteiger partial charge is 0.200 e. The fraction of sp³-hybridized carbons (Fsp3) is 0.769. The third-order valence-corrected chi connectivity index (χ3v) is 4.50. The van der Waals surface area contributed by atoms with Crippen molar-refractivity contribution in [2.75, 3.05) is 5.32 Å². The molecule has 0 radical (unpaired) electrons. The lowest BCUT2D eigenvalue weighted by Crippen LogP contribution is -2.30. The summed E-state index contributed by atoms with van der Waals surface area (Å²) in [5.41, 5.74) is 1.13. The third-order valence-electron chi connectivity index (χ3n) is 4.50. The lowest BCUT2D eigenvalue weighted by Gasteiger charge is -2.28. The summed E-state index contributed by atoms with van der Waals surface area (Å²) in [5, 5.41) is 3.52. The van der Waals surface area contributed by atoms with Crippen LogP contribution >= 0.6 is 0 Å². The van der Waals surface area contributed by atoms with Crippen LogP contribution in [0.3, 0.4) is 0 Å². The molecule has 3 rings (SSSR count). The Labute approximate surface area is 97.0 Å². The van der Waals surface area contributed by atoms with Crippen LogP contribution in [-0.2, 0) is 0 Å². The number of hydrogen-bond donors (Lipinski definition) is 2. The van der Waals surface area contributed by atoms with E-state index in [-0.39, 0.29) is 0 Å². The minimum Gasteiger partial charge on any atom is -0.353 e. The first kappa shape index (κ1) is 10.2. The van der Waals surface area contributed by atoms with E-state index in [0.29, 0.717) is 6.04 Å². The van der Waals surface area contributed by atoms with Gasteiger partial charge in [0.1, 0.15) is 0 Å². The second-order valence-corrected chi connectivity index (χ2v) is 5.69. The van der Waals surface area contributed by atoms with Crippen molar-refractivity contribution in [3.8, 4) is 0 Å². The highest BCUT2D eigenvalue weighted by atomic mass is 15.1. The van der Waals surface area contributed by atoms with Gasteiger partial charge >= 0.3 is 0 Å². The van der Waals surface area contributed by atoms with Gasteiger partial charge in [0.15, 0.2) is 0 Å². The Morgan fingerprint density at radius 2 is 2.31 bits per heavy atom. The summed E-state index contributed by atoms with van der Waals surface area (Å²) in [6, 6.07) is 0.556. The molecular weight excluding hydrogens is 198 g/mol. The standard InChI is InChI=1S/C13H21N3/c1-8-7-14-13(15-8)16-9(2)12-6-10-3-4-11(12)5-10/h7,9-12H,3-6H2,1-2H3,(H2,14,15,16). The van der Waals surface area contributed by atoms with Crippen LogP contribution in [0.5, 0.6) is 0 Å². The predicted octanol–water partition coefficient (Wildman–Crippen LogP) is 2.95. The SMILES string of the molecule is Cc1cnc(NC(C)C2CC3CCC2C3)[nH]1. The van der Waals surface area contributed by atoms with Crippen LogP contribution in [-0.4, -0.2) is 16.0 Å². The largest absolute Gasteiger partial charge is 0.353 e. The lowest BCUT2D eigenvalue weighted by molar-refractivity contribution is 0.303. The number of aromatic amines is 1. The number of aryl methyl sites for hydroxylation is 1. The molecular formula is C13H21N3. The van der Waals surface area contributed by atoms with Crippen LogP contribution in [0.15, 0.2) is 6.20 Å². The number of rotatable bonds is 3. The predicted molar refractivity (Wildman–Crippen MR) is 65.3 cm³/mol. The summed E-state index contributed by atoms with van der Waals surface area (Å²) >= 11 is 0. The summed E-state index contributed by atoms with van der Waals surface area (Å²) in [6.07, 6.45) is 7.73. The molecule has 2 N–H and O–H groups in total. The molecule has 4 atom stereocenters. The van der Waals surface area contributed by atoms with Crippen molar-refractivity contribution in [3.05, 3.63) is 11.9 Å². The quantitative estimate of drug-likeness (QED) is 0.820. The van der Waals surface area contributed by atoms with Crippen molar-refractivity contribution in [1.82, 2.24) is 9.97 Å². The van der Waals surface area contributed by atoms with Crippen LogP contribution in [0, 0.1) is 24.7 Å². The van der Waals surface area contributed by atoms with E-state index in [1.807, 2.05) is 13.1 Å². The molecule has 3 heteroatoms. The second kappa shape index (κ2) is 3.79. The first-order chi connectivity index (χ1) is 7.72. The number of imidazole rings is 1. The van der Waals surface area contributed by atoms with Crippen LogP contribution in [0.25, 0.3) is 0 Å². The molecule has 0 aromatic carbocycles. The van der Waals surface area contributed by atoms with Gasteiger partial charge in [0.25, 0.3) is 0 Å². The van der Waals surface area contributed by atoms with Gasteiger partial charge in [-0.1, -0.05) is 6.42 Å². The maximum Gasteiger partial charge on any atom is 0.200 e. The lowest BCUT2D eigenvalue weighted by atomic mass is 9.84. The van der Waals surface area contributed by atoms with Crippen LogP contribution in [0.1, 0.15) is 38.3 Å². The van der Waals surface area contributed by atoms with Crippen LogP contribution < -0.4 is 5.32 Å². The number of nitrogens with zero attached hydrogens (tertiary/aromatic N) is 1. The van der Waals surface area contributed by atoms with Gasteiger partial charge in [0.2, 0.25) is 5.95 Å². The van der Waals surface area contributed by atoms with Gasteiger partial charge in [-0.15, -0.1) is 0 Å². The third kappa shape index (κ3) is 1.72. The van der Waals surface area contributed by atoms with Gasteiger partial charge in [-0.05, 0) is 50.9 Å². The highest BCUT2D eigenvalue weighted by molar-refractivity contribution is 5.27. The van der Waals surface area contributed by atoms with E-state index >= 15 is 0 Å². The molecule has 2 saturated carbocycles. The maximum atomic E-state index is 4.32. The topological polar surface area (TPSA) is 40.7 Å². The normalized spacial score (nSPS) is 34.2. The van der Waals surface area contributed by atoms with Crippen molar-refractivity contribution < 1.29 is 0 Å². The van der Waals surface area contributed by atoms with Crippen LogP contribution in [0.2, 0.25) is 0 Å². The summed E-state index contributed by atoms with van der Waals surface area (Å²) < 4.78 is 0. The monoisotopic (exact) mass is 219 g/mol. The minimum atomic E-state index is 0.556. The van der Waals surface area contributed by atoms with Crippen molar-refractivity contribution in [2.45, 2.75) is 45.6 Å². The summed E-state index contributed by atoms with van der Waals surface area (Å²) in [6.45, 7) is 4.35. The zero-order valence-electron chi connectivity index (χ0n) is 10.2. The van der Waals surface area contributed by atoms with Gasteiger partial charge in [0, 0.05) is 17.9 Å². The van der Waals surface area contributed by atoms with Gasteiger partial charge in [-0.3, -0.25) is 0 Å². The van der Waals surface area contributed by atoms with Gasteiger partial charge < -0.3 is 10.3 Å². The molecule has 1 heterocycles. The fourth-order valence-electron chi connectivity index (χ4n) is 3.72. The fourth-order valence-corrected chi connectivity index (χ4v) is 3.72. The first-order valence-corrected chi connectivity index (χ1v) is 6.50. The van der Waals surface area contributed by atoms with E-state index in [1.54, 1.807) is 0 Å². The second-order valence-electron chi connectivity index (χ2n) is 5.69. The highest BCUT2D eigenvalue weighted by Crippen LogP contribution is 2.49. The number of fused-ring (bicyclic) bond motifs is 2. The molecule has 0 amide bonds. The molecule has 2 aliphatic rings. The van der Waals surface area contributed by atoms with Crippen molar-refractivity contribution >= 4 is 5.95 Å². The molecule has 16 heavy (non-hydrogen) atoms. The number of nitrogens with one attached hydrogen (secondary N) is 2. The Bertz CT molecular complexity index is 371.